The maximum absolute atomic E-state index is 12.0. The van der Waals surface area contributed by atoms with E-state index in [0.717, 1.165) is 74.9 Å². The van der Waals surface area contributed by atoms with E-state index in [4.69, 9.17) is 16.3 Å². The lowest BCUT2D eigenvalue weighted by Gasteiger charge is -2.31. The fourth-order valence-corrected chi connectivity index (χ4v) is 5.00. The van der Waals surface area contributed by atoms with Gasteiger partial charge in [0.2, 0.25) is 10.0 Å². The van der Waals surface area contributed by atoms with E-state index in [1.54, 1.807) is 13.8 Å². The molecule has 0 atom stereocenters. The number of anilines is 2. The summed E-state index contributed by atoms with van der Waals surface area (Å²) in [4.78, 5) is 2.30. The molecule has 1 aromatic rings. The third kappa shape index (κ3) is 5.99. The number of hydrogen-bond acceptors (Lipinski definition) is 5. The zero-order valence-electron chi connectivity index (χ0n) is 16.8. The summed E-state index contributed by atoms with van der Waals surface area (Å²) in [5.74, 6) is 0.547. The van der Waals surface area contributed by atoms with E-state index < -0.39 is 10.0 Å². The molecule has 2 fully saturated rings. The van der Waals surface area contributed by atoms with Crippen molar-refractivity contribution in [2.24, 2.45) is 5.92 Å². The molecule has 2 aliphatic rings. The first-order valence-corrected chi connectivity index (χ1v) is 12.1. The maximum atomic E-state index is 12.0. The van der Waals surface area contributed by atoms with Gasteiger partial charge in [-0.25, -0.2) is 13.1 Å². The quantitative estimate of drug-likeness (QED) is 0.694. The topological polar surface area (TPSA) is 70.7 Å². The Kier molecular flexibility index (Phi) is 7.48. The lowest BCUT2D eigenvalue weighted by atomic mass is 9.86. The molecule has 1 heterocycles. The van der Waals surface area contributed by atoms with Gasteiger partial charge in [-0.2, -0.15) is 0 Å². The molecule has 3 rings (SSSR count). The Labute approximate surface area is 174 Å². The number of hydrogen-bond donors (Lipinski definition) is 2. The van der Waals surface area contributed by atoms with E-state index in [1.807, 2.05) is 12.1 Å². The molecular formula is C20H32ClN3O3S. The zero-order valence-corrected chi connectivity index (χ0v) is 18.4. The Hall–Kier alpha value is -1.02. The molecule has 1 saturated carbocycles. The van der Waals surface area contributed by atoms with Crippen LogP contribution in [0.2, 0.25) is 5.02 Å². The molecule has 158 valence electrons. The van der Waals surface area contributed by atoms with Gasteiger partial charge in [-0.3, -0.25) is 0 Å². The summed E-state index contributed by atoms with van der Waals surface area (Å²) in [5.41, 5.74) is 2.17. The minimum atomic E-state index is -3.18. The molecule has 0 amide bonds. The van der Waals surface area contributed by atoms with Crippen LogP contribution in [0.15, 0.2) is 18.2 Å². The first kappa shape index (κ1) is 21.7. The van der Waals surface area contributed by atoms with Crippen LogP contribution in [-0.2, 0) is 14.8 Å². The maximum Gasteiger partial charge on any atom is 0.214 e. The predicted octanol–water partition coefficient (Wildman–Crippen LogP) is 3.48. The Morgan fingerprint density at radius 2 is 1.82 bits per heavy atom. The van der Waals surface area contributed by atoms with Crippen molar-refractivity contribution in [1.82, 2.24) is 4.72 Å². The first-order valence-electron chi connectivity index (χ1n) is 10.2. The predicted molar refractivity (Wildman–Crippen MR) is 116 cm³/mol. The largest absolute Gasteiger partial charge is 0.385 e. The van der Waals surface area contributed by atoms with Gasteiger partial charge < -0.3 is 15.0 Å². The van der Waals surface area contributed by atoms with Crippen molar-refractivity contribution in [2.75, 3.05) is 43.1 Å². The van der Waals surface area contributed by atoms with E-state index in [-0.39, 0.29) is 11.3 Å². The molecule has 0 spiro atoms. The smallest absolute Gasteiger partial charge is 0.214 e. The van der Waals surface area contributed by atoms with Crippen molar-refractivity contribution in [3.8, 4) is 0 Å². The SMILES string of the molecule is CC(C)S(=O)(=O)NC1CCC(CNc2cc(Cl)cc(N3CCOCC3)c2)CC1. The number of benzene rings is 1. The van der Waals surface area contributed by atoms with Gasteiger partial charge in [0.15, 0.2) is 0 Å². The number of rotatable bonds is 7. The first-order chi connectivity index (χ1) is 13.3. The van der Waals surface area contributed by atoms with E-state index in [9.17, 15) is 8.42 Å². The molecule has 1 saturated heterocycles. The second kappa shape index (κ2) is 9.65. The molecule has 2 N–H and O–H groups in total. The molecule has 1 aliphatic heterocycles. The minimum absolute atomic E-state index is 0.0720. The number of nitrogens with one attached hydrogen (secondary N) is 2. The zero-order chi connectivity index (χ0) is 20.1. The molecule has 1 aliphatic carbocycles. The van der Waals surface area contributed by atoms with Crippen molar-refractivity contribution >= 4 is 33.0 Å². The molecule has 0 aromatic heterocycles. The van der Waals surface area contributed by atoms with Gasteiger partial charge in [-0.1, -0.05) is 11.6 Å². The van der Waals surface area contributed by atoms with Crippen molar-refractivity contribution in [1.29, 1.82) is 0 Å². The van der Waals surface area contributed by atoms with Crippen LogP contribution < -0.4 is 14.9 Å². The van der Waals surface area contributed by atoms with Crippen molar-refractivity contribution in [3.05, 3.63) is 23.2 Å². The van der Waals surface area contributed by atoms with Crippen molar-refractivity contribution in [3.63, 3.8) is 0 Å². The Balaban J connectivity index is 1.49. The van der Waals surface area contributed by atoms with Crippen LogP contribution in [-0.4, -0.2) is 52.6 Å². The number of sulfonamides is 1. The van der Waals surface area contributed by atoms with Gasteiger partial charge in [-0.15, -0.1) is 0 Å². The standard InChI is InChI=1S/C20H32ClN3O3S/c1-15(2)28(25,26)23-18-5-3-16(4-6-18)14-22-19-11-17(21)12-20(13-19)24-7-9-27-10-8-24/h11-13,15-16,18,22-23H,3-10,14H2,1-2H3. The molecule has 6 nitrogen and oxygen atoms in total. The van der Waals surface area contributed by atoms with Gasteiger partial charge in [-0.05, 0) is 63.6 Å². The van der Waals surface area contributed by atoms with Crippen LogP contribution in [0.4, 0.5) is 11.4 Å². The summed E-state index contributed by atoms with van der Waals surface area (Å²) in [5, 5.41) is 3.89. The fraction of sp³-hybridized carbons (Fsp3) is 0.700. The van der Waals surface area contributed by atoms with Crippen LogP contribution in [0.5, 0.6) is 0 Å². The molecule has 28 heavy (non-hydrogen) atoms. The summed E-state index contributed by atoms with van der Waals surface area (Å²) in [6.07, 6.45) is 3.84. The van der Waals surface area contributed by atoms with E-state index in [0.29, 0.717) is 5.92 Å². The van der Waals surface area contributed by atoms with Crippen LogP contribution in [0.3, 0.4) is 0 Å². The van der Waals surface area contributed by atoms with Crippen LogP contribution in [0.1, 0.15) is 39.5 Å². The number of morpholine rings is 1. The average Bonchev–Trinajstić information content (AvgIpc) is 2.67. The van der Waals surface area contributed by atoms with Gasteiger partial charge in [0.05, 0.1) is 18.5 Å². The fourth-order valence-electron chi connectivity index (χ4n) is 3.80. The molecular weight excluding hydrogens is 398 g/mol. The molecule has 8 heteroatoms. The summed E-state index contributed by atoms with van der Waals surface area (Å²) >= 11 is 6.33. The summed E-state index contributed by atoms with van der Waals surface area (Å²) < 4.78 is 32.4. The van der Waals surface area contributed by atoms with E-state index >= 15 is 0 Å². The highest BCUT2D eigenvalue weighted by atomic mass is 35.5. The molecule has 0 bridgehead atoms. The van der Waals surface area contributed by atoms with Gasteiger partial charge in [0.1, 0.15) is 0 Å². The van der Waals surface area contributed by atoms with E-state index in [2.05, 4.69) is 21.0 Å². The summed E-state index contributed by atoms with van der Waals surface area (Å²) in [6.45, 7) is 7.58. The second-order valence-electron chi connectivity index (χ2n) is 8.11. The van der Waals surface area contributed by atoms with Gasteiger partial charge in [0, 0.05) is 42.1 Å². The highest BCUT2D eigenvalue weighted by Gasteiger charge is 2.26. The van der Waals surface area contributed by atoms with Gasteiger partial charge >= 0.3 is 0 Å². The Bertz CT molecular complexity index is 743. The van der Waals surface area contributed by atoms with Crippen LogP contribution >= 0.6 is 11.6 Å². The normalized spacial score (nSPS) is 23.8. The monoisotopic (exact) mass is 429 g/mol. The minimum Gasteiger partial charge on any atom is -0.385 e. The van der Waals surface area contributed by atoms with Crippen LogP contribution in [0, 0.1) is 5.92 Å². The number of nitrogens with zero attached hydrogens (tertiary/aromatic N) is 1. The summed E-state index contributed by atoms with van der Waals surface area (Å²) in [6, 6.07) is 6.19. The third-order valence-corrected chi connectivity index (χ3v) is 7.77. The highest BCUT2D eigenvalue weighted by Crippen LogP contribution is 2.29. The van der Waals surface area contributed by atoms with Gasteiger partial charge in [0.25, 0.3) is 0 Å². The molecule has 0 unspecified atom stereocenters. The van der Waals surface area contributed by atoms with E-state index in [1.165, 1.54) is 0 Å². The van der Waals surface area contributed by atoms with Crippen molar-refractivity contribution < 1.29 is 13.2 Å². The summed E-state index contributed by atoms with van der Waals surface area (Å²) in [7, 11) is -3.18. The molecule has 1 aromatic carbocycles. The van der Waals surface area contributed by atoms with Crippen LogP contribution in [0.25, 0.3) is 0 Å². The highest BCUT2D eigenvalue weighted by molar-refractivity contribution is 7.90. The lowest BCUT2D eigenvalue weighted by molar-refractivity contribution is 0.122. The Morgan fingerprint density at radius 1 is 1.14 bits per heavy atom. The second-order valence-corrected chi connectivity index (χ2v) is 10.8. The lowest BCUT2D eigenvalue weighted by Crippen LogP contribution is -2.41. The third-order valence-electron chi connectivity index (χ3n) is 5.65. The number of ether oxygens (including phenoxy) is 1. The average molecular weight is 430 g/mol. The number of halogens is 1. The Morgan fingerprint density at radius 3 is 2.46 bits per heavy atom. The molecule has 0 radical (unpaired) electrons. The van der Waals surface area contributed by atoms with Crippen molar-refractivity contribution in [2.45, 2.75) is 50.8 Å².